The van der Waals surface area contributed by atoms with Crippen molar-refractivity contribution in [2.45, 2.75) is 26.6 Å². The van der Waals surface area contributed by atoms with Gasteiger partial charge in [0.05, 0.1) is 5.52 Å². The van der Waals surface area contributed by atoms with E-state index in [1.807, 2.05) is 24.3 Å². The predicted octanol–water partition coefficient (Wildman–Crippen LogP) is 2.01. The summed E-state index contributed by atoms with van der Waals surface area (Å²) in [7, 11) is 0. The van der Waals surface area contributed by atoms with Crippen LogP contribution in [0.25, 0.3) is 21.8 Å². The molecule has 0 radical (unpaired) electrons. The highest BCUT2D eigenvalue weighted by atomic mass is 79.9. The standard InChI is InChI=1S/C28H27N2O2.BrH/c1-21-28-26(14-15-29(21)16-17-31)25-13-12-24(32-20-23-10-6-3-7-11-23)18-27(25)30(28)19-22-8-4-2-5-9-22;/h2-15,18,31H,16-17,19-20H2,1H3;1H/q+1;/p-1. The number of aliphatic hydroxyl groups excluding tert-OH is 1. The first-order valence-corrected chi connectivity index (χ1v) is 11.0. The highest BCUT2D eigenvalue weighted by Crippen LogP contribution is 2.33. The quantitative estimate of drug-likeness (QED) is 0.346. The van der Waals surface area contributed by atoms with Crippen molar-refractivity contribution in [2.24, 2.45) is 0 Å². The summed E-state index contributed by atoms with van der Waals surface area (Å²) in [5, 5.41) is 11.9. The molecule has 0 fully saturated rings. The van der Waals surface area contributed by atoms with Gasteiger partial charge in [-0.15, -0.1) is 0 Å². The Bertz CT molecular complexity index is 1370. The summed E-state index contributed by atoms with van der Waals surface area (Å²) in [6.07, 6.45) is 2.07. The summed E-state index contributed by atoms with van der Waals surface area (Å²) in [6.45, 7) is 4.15. The number of fused-ring (bicyclic) bond motifs is 3. The molecule has 0 bridgehead atoms. The van der Waals surface area contributed by atoms with E-state index in [2.05, 4.69) is 82.9 Å². The van der Waals surface area contributed by atoms with Crippen LogP contribution in [0.2, 0.25) is 0 Å². The van der Waals surface area contributed by atoms with E-state index in [1.54, 1.807) is 0 Å². The van der Waals surface area contributed by atoms with E-state index in [-0.39, 0.29) is 23.6 Å². The van der Waals surface area contributed by atoms with Gasteiger partial charge in [-0.1, -0.05) is 60.7 Å². The summed E-state index contributed by atoms with van der Waals surface area (Å²) in [5.41, 5.74) is 5.90. The Balaban J connectivity index is 0.00000259. The Labute approximate surface area is 204 Å². The first-order valence-electron chi connectivity index (χ1n) is 11.0. The second-order valence-electron chi connectivity index (χ2n) is 8.11. The van der Waals surface area contributed by atoms with Gasteiger partial charge in [-0.2, -0.15) is 4.57 Å². The molecule has 5 rings (SSSR count). The monoisotopic (exact) mass is 502 g/mol. The number of aromatic nitrogens is 2. The van der Waals surface area contributed by atoms with Crippen LogP contribution in [0.15, 0.2) is 91.1 Å². The van der Waals surface area contributed by atoms with Gasteiger partial charge >= 0.3 is 0 Å². The van der Waals surface area contributed by atoms with Gasteiger partial charge in [0.15, 0.2) is 12.7 Å². The number of aryl methyl sites for hydroxylation is 1. The minimum atomic E-state index is 0. The summed E-state index contributed by atoms with van der Waals surface area (Å²) in [5.74, 6) is 0.861. The molecule has 0 aliphatic carbocycles. The maximum Gasteiger partial charge on any atom is 0.202 e. The minimum absolute atomic E-state index is 0. The summed E-state index contributed by atoms with van der Waals surface area (Å²) in [6, 6.07) is 29.3. The average molecular weight is 503 g/mol. The highest BCUT2D eigenvalue weighted by Gasteiger charge is 2.20. The first-order chi connectivity index (χ1) is 15.7. The number of ether oxygens (including phenoxy) is 1. The van der Waals surface area contributed by atoms with E-state index in [0.717, 1.165) is 29.1 Å². The molecule has 0 spiro atoms. The molecule has 168 valence electrons. The lowest BCUT2D eigenvalue weighted by atomic mass is 10.1. The molecule has 5 aromatic rings. The molecule has 0 aliphatic rings. The Morgan fingerprint density at radius 3 is 2.24 bits per heavy atom. The molecule has 0 saturated heterocycles. The molecule has 0 aliphatic heterocycles. The minimum Gasteiger partial charge on any atom is -1.00 e. The number of aliphatic hydroxyl groups is 1. The molecular weight excluding hydrogens is 476 g/mol. The van der Waals surface area contributed by atoms with Crippen LogP contribution in [-0.2, 0) is 19.7 Å². The SMILES string of the molecule is Cc1c2c(cc[n+]1CCO)c1ccc(OCc3ccccc3)cc1n2Cc1ccccc1.[Br-]. The largest absolute Gasteiger partial charge is 1.00 e. The fourth-order valence-electron chi connectivity index (χ4n) is 4.44. The molecule has 33 heavy (non-hydrogen) atoms. The number of hydrogen-bond acceptors (Lipinski definition) is 2. The summed E-state index contributed by atoms with van der Waals surface area (Å²) in [4.78, 5) is 0. The van der Waals surface area contributed by atoms with Gasteiger partial charge in [0, 0.05) is 36.4 Å². The van der Waals surface area contributed by atoms with Crippen LogP contribution in [0, 0.1) is 6.92 Å². The van der Waals surface area contributed by atoms with Crippen LogP contribution < -0.4 is 26.3 Å². The van der Waals surface area contributed by atoms with Crippen LogP contribution in [0.1, 0.15) is 16.8 Å². The maximum atomic E-state index is 9.51. The molecule has 5 heteroatoms. The van der Waals surface area contributed by atoms with E-state index in [1.165, 1.54) is 21.9 Å². The van der Waals surface area contributed by atoms with Gasteiger partial charge in [0.2, 0.25) is 5.69 Å². The molecular formula is C28H27BrN2O2. The molecule has 0 atom stereocenters. The Morgan fingerprint density at radius 2 is 1.55 bits per heavy atom. The van der Waals surface area contributed by atoms with Crippen molar-refractivity contribution in [1.82, 2.24) is 4.57 Å². The molecule has 0 unspecified atom stereocenters. The number of rotatable bonds is 7. The lowest BCUT2D eigenvalue weighted by Crippen LogP contribution is -3.00. The van der Waals surface area contributed by atoms with Crippen molar-refractivity contribution in [3.63, 3.8) is 0 Å². The van der Waals surface area contributed by atoms with E-state index in [4.69, 9.17) is 4.74 Å². The highest BCUT2D eigenvalue weighted by molar-refractivity contribution is 6.08. The summed E-state index contributed by atoms with van der Waals surface area (Å²) < 4.78 is 10.6. The molecule has 2 aromatic heterocycles. The third-order valence-corrected chi connectivity index (χ3v) is 6.04. The van der Waals surface area contributed by atoms with Crippen LogP contribution >= 0.6 is 0 Å². The predicted molar refractivity (Wildman–Crippen MR) is 128 cm³/mol. The normalized spacial score (nSPS) is 11.0. The van der Waals surface area contributed by atoms with Crippen LogP contribution in [-0.4, -0.2) is 16.3 Å². The average Bonchev–Trinajstić information content (AvgIpc) is 3.14. The topological polar surface area (TPSA) is 38.3 Å². The zero-order chi connectivity index (χ0) is 21.9. The van der Waals surface area contributed by atoms with Crippen molar-refractivity contribution in [2.75, 3.05) is 6.61 Å². The third-order valence-electron chi connectivity index (χ3n) is 6.04. The molecule has 2 heterocycles. The number of benzene rings is 3. The Kier molecular flexibility index (Phi) is 7.11. The zero-order valence-corrected chi connectivity index (χ0v) is 20.2. The molecule has 0 amide bonds. The van der Waals surface area contributed by atoms with E-state index < -0.39 is 0 Å². The van der Waals surface area contributed by atoms with Gasteiger partial charge in [-0.25, -0.2) is 0 Å². The Hall–Kier alpha value is -3.15. The second-order valence-corrected chi connectivity index (χ2v) is 8.11. The third kappa shape index (κ3) is 4.65. The van der Waals surface area contributed by atoms with Crippen molar-refractivity contribution in [3.8, 4) is 5.75 Å². The fraction of sp³-hybridized carbons (Fsp3) is 0.179. The van der Waals surface area contributed by atoms with Crippen LogP contribution in [0.5, 0.6) is 5.75 Å². The van der Waals surface area contributed by atoms with Gasteiger partial charge in [-0.05, 0) is 23.3 Å². The number of halogens is 1. The lowest BCUT2D eigenvalue weighted by Gasteiger charge is -2.10. The molecule has 4 nitrogen and oxygen atoms in total. The number of hydrogen-bond donors (Lipinski definition) is 1. The lowest BCUT2D eigenvalue weighted by molar-refractivity contribution is -0.702. The summed E-state index contributed by atoms with van der Waals surface area (Å²) >= 11 is 0. The van der Waals surface area contributed by atoms with Crippen LogP contribution in [0.3, 0.4) is 0 Å². The van der Waals surface area contributed by atoms with Gasteiger partial charge in [0.25, 0.3) is 0 Å². The van der Waals surface area contributed by atoms with Gasteiger partial charge in [-0.3, -0.25) is 0 Å². The zero-order valence-electron chi connectivity index (χ0n) is 18.6. The Morgan fingerprint density at radius 1 is 0.848 bits per heavy atom. The first kappa shape index (κ1) is 23.0. The molecule has 1 N–H and O–H groups in total. The number of nitrogens with zero attached hydrogens (tertiary/aromatic N) is 2. The fourth-order valence-corrected chi connectivity index (χ4v) is 4.44. The maximum absolute atomic E-state index is 9.51. The van der Waals surface area contributed by atoms with E-state index in [0.29, 0.717) is 13.2 Å². The van der Waals surface area contributed by atoms with Gasteiger partial charge in [0.1, 0.15) is 24.5 Å². The van der Waals surface area contributed by atoms with Crippen molar-refractivity contribution < 1.29 is 31.4 Å². The van der Waals surface area contributed by atoms with Crippen LogP contribution in [0.4, 0.5) is 0 Å². The van der Waals surface area contributed by atoms with Crippen molar-refractivity contribution in [1.29, 1.82) is 0 Å². The van der Waals surface area contributed by atoms with Gasteiger partial charge < -0.3 is 31.4 Å². The van der Waals surface area contributed by atoms with E-state index in [9.17, 15) is 5.11 Å². The van der Waals surface area contributed by atoms with E-state index >= 15 is 0 Å². The van der Waals surface area contributed by atoms with Crippen molar-refractivity contribution >= 4 is 21.8 Å². The number of pyridine rings is 1. The second kappa shape index (κ2) is 10.2. The molecule has 3 aromatic carbocycles. The van der Waals surface area contributed by atoms with Crippen molar-refractivity contribution in [3.05, 3.63) is 108 Å². The molecule has 0 saturated carbocycles. The smallest absolute Gasteiger partial charge is 0.202 e.